The first-order valence-electron chi connectivity index (χ1n) is 7.68. The second kappa shape index (κ2) is 7.47. The van der Waals surface area contributed by atoms with Gasteiger partial charge in [-0.3, -0.25) is 10.1 Å². The number of rotatable bonds is 5. The molecule has 0 saturated heterocycles. The van der Waals surface area contributed by atoms with Gasteiger partial charge in [0.1, 0.15) is 11.3 Å². The molecule has 132 valence electrons. The molecule has 0 bridgehead atoms. The van der Waals surface area contributed by atoms with Crippen LogP contribution in [-0.2, 0) is 9.53 Å². The van der Waals surface area contributed by atoms with Crippen LogP contribution in [-0.4, -0.2) is 33.8 Å². The van der Waals surface area contributed by atoms with Crippen molar-refractivity contribution in [1.29, 1.82) is 0 Å². The summed E-state index contributed by atoms with van der Waals surface area (Å²) in [4.78, 5) is 23.8. The summed E-state index contributed by atoms with van der Waals surface area (Å²) >= 11 is 0. The third kappa shape index (κ3) is 4.04. The van der Waals surface area contributed by atoms with E-state index in [0.29, 0.717) is 5.56 Å². The molecule has 26 heavy (non-hydrogen) atoms. The fourth-order valence-electron chi connectivity index (χ4n) is 2.15. The Morgan fingerprint density at radius 3 is 2.65 bits per heavy atom. The lowest BCUT2D eigenvalue weighted by Crippen LogP contribution is -2.21. The Bertz CT molecular complexity index is 937. The average molecular weight is 353 g/mol. The van der Waals surface area contributed by atoms with E-state index in [-0.39, 0.29) is 23.2 Å². The number of nitrogens with one attached hydrogen (secondary N) is 1. The largest absolute Gasteiger partial charge is 0.507 e. The van der Waals surface area contributed by atoms with Gasteiger partial charge >= 0.3 is 12.0 Å². The van der Waals surface area contributed by atoms with Gasteiger partial charge in [-0.15, -0.1) is 5.10 Å². The van der Waals surface area contributed by atoms with Crippen LogP contribution in [0.2, 0.25) is 0 Å². The van der Waals surface area contributed by atoms with Crippen LogP contribution in [0.3, 0.4) is 0 Å². The van der Waals surface area contributed by atoms with Gasteiger partial charge in [0.2, 0.25) is 5.89 Å². The molecule has 2 N–H and O–H groups in total. The highest BCUT2D eigenvalue weighted by Crippen LogP contribution is 2.20. The number of nitrogens with zero attached hydrogens (tertiary/aromatic N) is 2. The van der Waals surface area contributed by atoms with Gasteiger partial charge in [0.25, 0.3) is 5.91 Å². The molecule has 0 unspecified atom stereocenters. The smallest absolute Gasteiger partial charge is 0.342 e. The van der Waals surface area contributed by atoms with Gasteiger partial charge in [0.05, 0.1) is 0 Å². The molecule has 0 spiro atoms. The van der Waals surface area contributed by atoms with Gasteiger partial charge in [-0.2, -0.15) is 0 Å². The maximum Gasteiger partial charge on any atom is 0.342 e. The highest BCUT2D eigenvalue weighted by Gasteiger charge is 2.16. The molecule has 8 nitrogen and oxygen atoms in total. The molecule has 1 heterocycles. The molecule has 0 radical (unpaired) electrons. The predicted molar refractivity (Wildman–Crippen MR) is 91.5 cm³/mol. The number of ether oxygens (including phenoxy) is 1. The number of aromatic hydroxyl groups is 1. The first kappa shape index (κ1) is 17.2. The molecule has 1 amide bonds. The summed E-state index contributed by atoms with van der Waals surface area (Å²) in [6, 6.07) is 13.5. The van der Waals surface area contributed by atoms with Crippen LogP contribution in [0.5, 0.6) is 5.75 Å². The highest BCUT2D eigenvalue weighted by atomic mass is 16.5. The lowest BCUT2D eigenvalue weighted by atomic mass is 10.1. The monoisotopic (exact) mass is 353 g/mol. The Morgan fingerprint density at radius 1 is 1.15 bits per heavy atom. The Hall–Kier alpha value is -3.68. The minimum atomic E-state index is -0.812. The first-order chi connectivity index (χ1) is 12.5. The number of carbonyl (C=O) groups is 2. The van der Waals surface area contributed by atoms with Crippen LogP contribution in [0.1, 0.15) is 15.9 Å². The number of aromatic nitrogens is 2. The summed E-state index contributed by atoms with van der Waals surface area (Å²) < 4.78 is 10.2. The number of aryl methyl sites for hydroxylation is 1. The molecule has 3 aromatic rings. The standard InChI is InChI=1S/C18H15N3O5/c1-11-7-8-13(14(22)9-11)17(24)25-10-15(23)19-18-21-20-16(26-18)12-5-3-2-4-6-12/h2-9,22H,10H2,1H3,(H,19,21,23). The molecule has 0 aliphatic heterocycles. The molecule has 0 saturated carbocycles. The Labute approximate surface area is 148 Å². The normalized spacial score (nSPS) is 10.3. The van der Waals surface area contributed by atoms with Crippen molar-refractivity contribution in [3.8, 4) is 17.2 Å². The van der Waals surface area contributed by atoms with E-state index >= 15 is 0 Å². The lowest BCUT2D eigenvalue weighted by molar-refractivity contribution is -0.119. The summed E-state index contributed by atoms with van der Waals surface area (Å²) in [6.45, 7) is 1.21. The third-order valence-electron chi connectivity index (χ3n) is 3.40. The Kier molecular flexibility index (Phi) is 4.93. The van der Waals surface area contributed by atoms with Crippen molar-refractivity contribution in [1.82, 2.24) is 10.2 Å². The number of anilines is 1. The van der Waals surface area contributed by atoms with E-state index < -0.39 is 18.5 Å². The van der Waals surface area contributed by atoms with Gasteiger partial charge in [-0.25, -0.2) is 4.79 Å². The SMILES string of the molecule is Cc1ccc(C(=O)OCC(=O)Nc2nnc(-c3ccccc3)o2)c(O)c1. The van der Waals surface area contributed by atoms with E-state index in [2.05, 4.69) is 15.5 Å². The number of hydrogen-bond donors (Lipinski definition) is 2. The minimum Gasteiger partial charge on any atom is -0.507 e. The molecule has 1 aromatic heterocycles. The van der Waals surface area contributed by atoms with Crippen molar-refractivity contribution in [3.05, 3.63) is 59.7 Å². The van der Waals surface area contributed by atoms with Crippen LogP contribution in [0.15, 0.2) is 52.9 Å². The average Bonchev–Trinajstić information content (AvgIpc) is 3.09. The van der Waals surface area contributed by atoms with Gasteiger partial charge in [0.15, 0.2) is 6.61 Å². The minimum absolute atomic E-state index is 0.0208. The van der Waals surface area contributed by atoms with Crippen LogP contribution in [0.4, 0.5) is 6.01 Å². The van der Waals surface area contributed by atoms with Crippen molar-refractivity contribution >= 4 is 17.9 Å². The van der Waals surface area contributed by atoms with Gasteiger partial charge in [-0.05, 0) is 36.8 Å². The summed E-state index contributed by atoms with van der Waals surface area (Å²) in [6.07, 6.45) is 0. The van der Waals surface area contributed by atoms with Crippen molar-refractivity contribution in [2.24, 2.45) is 0 Å². The highest BCUT2D eigenvalue weighted by molar-refractivity contribution is 5.96. The fourth-order valence-corrected chi connectivity index (χ4v) is 2.15. The van der Waals surface area contributed by atoms with Gasteiger partial charge < -0.3 is 14.3 Å². The van der Waals surface area contributed by atoms with Crippen LogP contribution < -0.4 is 5.32 Å². The summed E-state index contributed by atoms with van der Waals surface area (Å²) in [5.74, 6) is -1.41. The third-order valence-corrected chi connectivity index (χ3v) is 3.40. The summed E-state index contributed by atoms with van der Waals surface area (Å²) in [5, 5.41) is 19.6. The second-order valence-corrected chi connectivity index (χ2v) is 5.42. The zero-order chi connectivity index (χ0) is 18.5. The first-order valence-corrected chi connectivity index (χ1v) is 7.68. The van der Waals surface area contributed by atoms with Crippen molar-refractivity contribution < 1.29 is 23.8 Å². The molecule has 3 rings (SSSR count). The van der Waals surface area contributed by atoms with Crippen molar-refractivity contribution in [2.45, 2.75) is 6.92 Å². The molecule has 0 fully saturated rings. The quantitative estimate of drug-likeness (QED) is 0.677. The zero-order valence-electron chi connectivity index (χ0n) is 13.8. The van der Waals surface area contributed by atoms with E-state index in [1.54, 1.807) is 25.1 Å². The number of phenolic OH excluding ortho intramolecular Hbond substituents is 1. The number of phenols is 1. The lowest BCUT2D eigenvalue weighted by Gasteiger charge is -2.06. The molecule has 8 heteroatoms. The topological polar surface area (TPSA) is 115 Å². The maximum absolute atomic E-state index is 11.9. The fraction of sp³-hybridized carbons (Fsp3) is 0.111. The zero-order valence-corrected chi connectivity index (χ0v) is 13.8. The van der Waals surface area contributed by atoms with E-state index in [4.69, 9.17) is 9.15 Å². The van der Waals surface area contributed by atoms with Gasteiger partial charge in [-0.1, -0.05) is 29.4 Å². The number of carbonyl (C=O) groups excluding carboxylic acids is 2. The van der Waals surface area contributed by atoms with Crippen molar-refractivity contribution in [2.75, 3.05) is 11.9 Å². The van der Waals surface area contributed by atoms with Crippen LogP contribution >= 0.6 is 0 Å². The second-order valence-electron chi connectivity index (χ2n) is 5.42. The Balaban J connectivity index is 1.56. The molecule has 0 aliphatic rings. The number of esters is 1. The van der Waals surface area contributed by atoms with E-state index in [1.165, 1.54) is 12.1 Å². The van der Waals surface area contributed by atoms with Gasteiger partial charge in [0, 0.05) is 5.56 Å². The molecular weight excluding hydrogens is 338 g/mol. The molecule has 2 aromatic carbocycles. The number of amides is 1. The predicted octanol–water partition coefficient (Wildman–Crippen LogP) is 2.55. The number of hydrogen-bond acceptors (Lipinski definition) is 7. The van der Waals surface area contributed by atoms with Crippen LogP contribution in [0, 0.1) is 6.92 Å². The maximum atomic E-state index is 11.9. The summed E-state index contributed by atoms with van der Waals surface area (Å²) in [5.41, 5.74) is 1.48. The Morgan fingerprint density at radius 2 is 1.92 bits per heavy atom. The summed E-state index contributed by atoms with van der Waals surface area (Å²) in [7, 11) is 0. The van der Waals surface area contributed by atoms with E-state index in [1.807, 2.05) is 18.2 Å². The molecular formula is C18H15N3O5. The van der Waals surface area contributed by atoms with Crippen molar-refractivity contribution in [3.63, 3.8) is 0 Å². The molecule has 0 aliphatic carbocycles. The van der Waals surface area contributed by atoms with E-state index in [9.17, 15) is 14.7 Å². The van der Waals surface area contributed by atoms with Crippen LogP contribution in [0.25, 0.3) is 11.5 Å². The number of benzene rings is 2. The molecule has 0 atom stereocenters. The van der Waals surface area contributed by atoms with E-state index in [0.717, 1.165) is 5.56 Å².